The van der Waals surface area contributed by atoms with E-state index in [1.807, 2.05) is 6.07 Å². The molecule has 2 rings (SSSR count). The summed E-state index contributed by atoms with van der Waals surface area (Å²) in [4.78, 5) is 20.7. The molecule has 0 saturated heterocycles. The number of hydrogen-bond donors (Lipinski definition) is 0. The van der Waals surface area contributed by atoms with Gasteiger partial charge in [0.2, 0.25) is 0 Å². The number of halogens is 1. The normalized spacial score (nSPS) is 9.71. The molecule has 0 aromatic heterocycles. The highest BCUT2D eigenvalue weighted by Gasteiger charge is 2.13. The first-order valence-corrected chi connectivity index (χ1v) is 6.04. The summed E-state index contributed by atoms with van der Waals surface area (Å²) in [6, 6.07) is 9.97. The zero-order valence-corrected chi connectivity index (χ0v) is 11.2. The van der Waals surface area contributed by atoms with E-state index >= 15 is 0 Å². The number of carbonyl (C=O) groups is 1. The average molecular weight is 303 g/mol. The number of carbonyl (C=O) groups excluding carboxylic acids is 1. The maximum atomic E-state index is 10.7. The molecule has 0 N–H and O–H groups in total. The molecular formula is C14H7ClN2O4. The minimum atomic E-state index is -0.574. The summed E-state index contributed by atoms with van der Waals surface area (Å²) in [6.07, 6.45) is 0.615. The van der Waals surface area contributed by atoms with Crippen LogP contribution in [0.5, 0.6) is 11.5 Å². The van der Waals surface area contributed by atoms with Gasteiger partial charge in [-0.15, -0.1) is 0 Å². The molecule has 0 bridgehead atoms. The minimum absolute atomic E-state index is 0.0487. The largest absolute Gasteiger partial charge is 0.454 e. The molecular weight excluding hydrogens is 296 g/mol. The van der Waals surface area contributed by atoms with Crippen molar-refractivity contribution in [3.05, 3.63) is 62.7 Å². The van der Waals surface area contributed by atoms with Gasteiger partial charge in [0.15, 0.2) is 0 Å². The second-order valence-electron chi connectivity index (χ2n) is 3.96. The number of nitro benzene ring substituents is 1. The van der Waals surface area contributed by atoms with Crippen molar-refractivity contribution in [3.8, 4) is 17.6 Å². The first kappa shape index (κ1) is 14.5. The standard InChI is InChI=1S/C14H7ClN2O4/c15-12-6-11(17(19)20)2-4-14(12)21-13-3-1-9(8-18)5-10(13)7-16/h1-6,8H. The van der Waals surface area contributed by atoms with Crippen molar-refractivity contribution >= 4 is 23.6 Å². The second-order valence-corrected chi connectivity index (χ2v) is 4.37. The molecule has 0 heterocycles. The van der Waals surface area contributed by atoms with Crippen LogP contribution in [0.25, 0.3) is 0 Å². The van der Waals surface area contributed by atoms with Crippen LogP contribution in [0.2, 0.25) is 5.02 Å². The van der Waals surface area contributed by atoms with Crippen LogP contribution in [0.15, 0.2) is 36.4 Å². The SMILES string of the molecule is N#Cc1cc(C=O)ccc1Oc1ccc([N+](=O)[O-])cc1Cl. The van der Waals surface area contributed by atoms with Crippen LogP contribution in [-0.2, 0) is 0 Å². The van der Waals surface area contributed by atoms with Gasteiger partial charge in [0.05, 0.1) is 15.5 Å². The quantitative estimate of drug-likeness (QED) is 0.487. The van der Waals surface area contributed by atoms with E-state index in [1.54, 1.807) is 0 Å². The van der Waals surface area contributed by atoms with Crippen molar-refractivity contribution < 1.29 is 14.5 Å². The van der Waals surface area contributed by atoms with E-state index in [9.17, 15) is 14.9 Å². The second kappa shape index (κ2) is 6.03. The number of nitro groups is 1. The van der Waals surface area contributed by atoms with E-state index in [0.29, 0.717) is 11.8 Å². The molecule has 0 fully saturated rings. The number of ether oxygens (including phenoxy) is 1. The number of hydrogen-bond acceptors (Lipinski definition) is 5. The first-order valence-electron chi connectivity index (χ1n) is 5.66. The Morgan fingerprint density at radius 1 is 1.24 bits per heavy atom. The molecule has 0 aliphatic rings. The van der Waals surface area contributed by atoms with Crippen molar-refractivity contribution in [2.24, 2.45) is 0 Å². The molecule has 6 nitrogen and oxygen atoms in total. The maximum absolute atomic E-state index is 10.7. The summed E-state index contributed by atoms with van der Waals surface area (Å²) in [5, 5.41) is 19.7. The molecule has 2 aromatic carbocycles. The van der Waals surface area contributed by atoms with E-state index in [0.717, 1.165) is 6.07 Å². The number of nitrogens with zero attached hydrogens (tertiary/aromatic N) is 2. The highest BCUT2D eigenvalue weighted by atomic mass is 35.5. The molecule has 0 aliphatic carbocycles. The van der Waals surface area contributed by atoms with E-state index in [1.165, 1.54) is 30.3 Å². The van der Waals surface area contributed by atoms with E-state index in [4.69, 9.17) is 21.6 Å². The molecule has 21 heavy (non-hydrogen) atoms. The third kappa shape index (κ3) is 3.16. The molecule has 2 aromatic rings. The Morgan fingerprint density at radius 2 is 1.95 bits per heavy atom. The number of aldehydes is 1. The van der Waals surface area contributed by atoms with Gasteiger partial charge in [-0.1, -0.05) is 11.6 Å². The summed E-state index contributed by atoms with van der Waals surface area (Å²) in [6.45, 7) is 0. The van der Waals surface area contributed by atoms with Crippen molar-refractivity contribution in [1.29, 1.82) is 5.26 Å². The lowest BCUT2D eigenvalue weighted by atomic mass is 10.1. The monoisotopic (exact) mass is 302 g/mol. The smallest absolute Gasteiger partial charge is 0.271 e. The lowest BCUT2D eigenvalue weighted by Crippen LogP contribution is -1.93. The van der Waals surface area contributed by atoms with E-state index < -0.39 is 4.92 Å². The fourth-order valence-corrected chi connectivity index (χ4v) is 1.82. The van der Waals surface area contributed by atoms with Crippen LogP contribution >= 0.6 is 11.6 Å². The van der Waals surface area contributed by atoms with Gasteiger partial charge in [-0.3, -0.25) is 14.9 Å². The topological polar surface area (TPSA) is 93.2 Å². The van der Waals surface area contributed by atoms with Crippen molar-refractivity contribution in [2.75, 3.05) is 0 Å². The molecule has 0 amide bonds. The summed E-state index contributed by atoms with van der Waals surface area (Å²) in [5.74, 6) is 0.386. The highest BCUT2D eigenvalue weighted by Crippen LogP contribution is 2.33. The molecule has 0 atom stereocenters. The van der Waals surface area contributed by atoms with E-state index in [-0.39, 0.29) is 27.8 Å². The Labute approximate surface area is 124 Å². The third-order valence-corrected chi connectivity index (χ3v) is 2.90. The minimum Gasteiger partial charge on any atom is -0.454 e. The Hall–Kier alpha value is -2.91. The lowest BCUT2D eigenvalue weighted by Gasteiger charge is -2.09. The van der Waals surface area contributed by atoms with Crippen LogP contribution in [0.4, 0.5) is 5.69 Å². The average Bonchev–Trinajstić information content (AvgIpc) is 2.49. The van der Waals surface area contributed by atoms with Crippen LogP contribution in [0, 0.1) is 21.4 Å². The molecule has 0 radical (unpaired) electrons. The number of benzene rings is 2. The zero-order valence-electron chi connectivity index (χ0n) is 10.4. The van der Waals surface area contributed by atoms with Gasteiger partial charge in [0, 0.05) is 17.7 Å². The summed E-state index contributed by atoms with van der Waals surface area (Å²) >= 11 is 5.91. The van der Waals surface area contributed by atoms with Crippen molar-refractivity contribution in [1.82, 2.24) is 0 Å². The lowest BCUT2D eigenvalue weighted by molar-refractivity contribution is -0.384. The molecule has 104 valence electrons. The molecule has 7 heteroatoms. The van der Waals surface area contributed by atoms with Crippen LogP contribution in [0.3, 0.4) is 0 Å². The number of nitriles is 1. The van der Waals surface area contributed by atoms with Crippen LogP contribution < -0.4 is 4.74 Å². The van der Waals surface area contributed by atoms with Gasteiger partial charge in [-0.05, 0) is 24.3 Å². The van der Waals surface area contributed by atoms with Gasteiger partial charge >= 0.3 is 0 Å². The summed E-state index contributed by atoms with van der Waals surface area (Å²) in [7, 11) is 0. The van der Waals surface area contributed by atoms with E-state index in [2.05, 4.69) is 0 Å². The van der Waals surface area contributed by atoms with Crippen molar-refractivity contribution in [3.63, 3.8) is 0 Å². The summed E-state index contributed by atoms with van der Waals surface area (Å²) < 4.78 is 5.47. The van der Waals surface area contributed by atoms with Gasteiger partial charge in [-0.2, -0.15) is 5.26 Å². The maximum Gasteiger partial charge on any atom is 0.271 e. The van der Waals surface area contributed by atoms with Gasteiger partial charge in [-0.25, -0.2) is 0 Å². The molecule has 0 unspecified atom stereocenters. The fraction of sp³-hybridized carbons (Fsp3) is 0. The Kier molecular flexibility index (Phi) is 4.16. The Balaban J connectivity index is 2.37. The Morgan fingerprint density at radius 3 is 2.52 bits per heavy atom. The highest BCUT2D eigenvalue weighted by molar-refractivity contribution is 6.32. The van der Waals surface area contributed by atoms with Crippen LogP contribution in [-0.4, -0.2) is 11.2 Å². The predicted molar refractivity (Wildman–Crippen MR) is 74.7 cm³/mol. The molecule has 0 aliphatic heterocycles. The number of non-ortho nitro benzene ring substituents is 1. The fourth-order valence-electron chi connectivity index (χ4n) is 1.60. The first-order chi connectivity index (χ1) is 10.0. The van der Waals surface area contributed by atoms with Gasteiger partial charge in [0.25, 0.3) is 5.69 Å². The Bertz CT molecular complexity index is 768. The van der Waals surface area contributed by atoms with Crippen LogP contribution in [0.1, 0.15) is 15.9 Å². The predicted octanol–water partition coefficient (Wildman–Crippen LogP) is 3.72. The molecule has 0 saturated carbocycles. The third-order valence-electron chi connectivity index (χ3n) is 2.61. The number of rotatable bonds is 4. The van der Waals surface area contributed by atoms with Gasteiger partial charge < -0.3 is 4.74 Å². The summed E-state index contributed by atoms with van der Waals surface area (Å²) in [5.41, 5.74) is 0.340. The zero-order chi connectivity index (χ0) is 15.4. The van der Waals surface area contributed by atoms with Gasteiger partial charge in [0.1, 0.15) is 23.9 Å². The van der Waals surface area contributed by atoms with Crippen molar-refractivity contribution in [2.45, 2.75) is 0 Å². The molecule has 0 spiro atoms.